The van der Waals surface area contributed by atoms with E-state index < -0.39 is 5.60 Å². The van der Waals surface area contributed by atoms with E-state index in [4.69, 9.17) is 4.74 Å². The zero-order chi connectivity index (χ0) is 21.0. The highest BCUT2D eigenvalue weighted by Gasteiger charge is 2.08. The van der Waals surface area contributed by atoms with Crippen molar-refractivity contribution in [1.82, 2.24) is 9.97 Å². The molecule has 0 aliphatic heterocycles. The highest BCUT2D eigenvalue weighted by atomic mass is 16.5. The van der Waals surface area contributed by atoms with Gasteiger partial charge in [-0.3, -0.25) is 0 Å². The molecule has 0 saturated carbocycles. The summed E-state index contributed by atoms with van der Waals surface area (Å²) >= 11 is 0. The third-order valence-corrected chi connectivity index (χ3v) is 4.24. The molecule has 0 aliphatic carbocycles. The zero-order valence-corrected chi connectivity index (χ0v) is 16.8. The van der Waals surface area contributed by atoms with Gasteiger partial charge in [0, 0.05) is 16.6 Å². The number of aliphatic hydroxyl groups is 1. The van der Waals surface area contributed by atoms with Gasteiger partial charge in [-0.25, -0.2) is 9.97 Å². The fraction of sp³-hybridized carbons (Fsp3) is 0.120. The van der Waals surface area contributed by atoms with E-state index in [2.05, 4.69) is 27.1 Å². The van der Waals surface area contributed by atoms with Crippen LogP contribution in [0.2, 0.25) is 0 Å². The average Bonchev–Trinajstić information content (AvgIpc) is 2.74. The fourth-order valence-corrected chi connectivity index (χ4v) is 2.83. The van der Waals surface area contributed by atoms with Gasteiger partial charge in [-0.1, -0.05) is 30.0 Å². The van der Waals surface area contributed by atoms with Crippen LogP contribution in [0.15, 0.2) is 79.1 Å². The Bertz CT molecular complexity index is 1220. The van der Waals surface area contributed by atoms with Crippen LogP contribution in [-0.2, 0) is 0 Å². The summed E-state index contributed by atoms with van der Waals surface area (Å²) < 4.78 is 5.83. The third kappa shape index (κ3) is 4.93. The Morgan fingerprint density at radius 1 is 0.900 bits per heavy atom. The van der Waals surface area contributed by atoms with Crippen LogP contribution in [0.4, 0.5) is 11.5 Å². The van der Waals surface area contributed by atoms with E-state index in [1.807, 2.05) is 72.8 Å². The summed E-state index contributed by atoms with van der Waals surface area (Å²) in [6.07, 6.45) is 1.53. The number of hydrogen-bond acceptors (Lipinski definition) is 5. The molecule has 4 rings (SSSR count). The lowest BCUT2D eigenvalue weighted by atomic mass is 10.1. The number of nitrogens with zero attached hydrogens (tertiary/aromatic N) is 2. The molecule has 5 heteroatoms. The van der Waals surface area contributed by atoms with E-state index in [0.717, 1.165) is 33.7 Å². The smallest absolute Gasteiger partial charge is 0.141 e. The van der Waals surface area contributed by atoms with Crippen LogP contribution in [-0.4, -0.2) is 20.7 Å². The number of aromatic nitrogens is 2. The molecular weight excluding hydrogens is 374 g/mol. The van der Waals surface area contributed by atoms with E-state index in [-0.39, 0.29) is 0 Å². The molecule has 0 unspecified atom stereocenters. The van der Waals surface area contributed by atoms with E-state index >= 15 is 0 Å². The largest absolute Gasteiger partial charge is 0.457 e. The van der Waals surface area contributed by atoms with Gasteiger partial charge >= 0.3 is 0 Å². The first-order valence-corrected chi connectivity index (χ1v) is 9.57. The Morgan fingerprint density at radius 3 is 2.37 bits per heavy atom. The van der Waals surface area contributed by atoms with Crippen LogP contribution in [0, 0.1) is 11.8 Å². The lowest BCUT2D eigenvalue weighted by molar-refractivity contribution is 0.143. The Kier molecular flexibility index (Phi) is 5.34. The SMILES string of the molecule is CC(C)(O)C#Cc1ccc2ncnc(Nc3ccc(Oc4ccccc4)cc3)c2c1. The van der Waals surface area contributed by atoms with E-state index in [1.54, 1.807) is 13.8 Å². The molecule has 0 aliphatic rings. The summed E-state index contributed by atoms with van der Waals surface area (Å²) in [6, 6.07) is 23.0. The number of rotatable bonds is 4. The minimum absolute atomic E-state index is 0.684. The summed E-state index contributed by atoms with van der Waals surface area (Å²) in [5.41, 5.74) is 1.43. The van der Waals surface area contributed by atoms with Gasteiger partial charge in [-0.2, -0.15) is 0 Å². The molecule has 0 bridgehead atoms. The maximum absolute atomic E-state index is 9.84. The average molecular weight is 395 g/mol. The number of para-hydroxylation sites is 1. The first-order valence-electron chi connectivity index (χ1n) is 9.57. The number of nitrogens with one attached hydrogen (secondary N) is 1. The number of fused-ring (bicyclic) bond motifs is 1. The molecule has 0 fully saturated rings. The molecule has 4 aromatic rings. The van der Waals surface area contributed by atoms with Crippen molar-refractivity contribution in [1.29, 1.82) is 0 Å². The van der Waals surface area contributed by atoms with Gasteiger partial charge in [0.2, 0.25) is 0 Å². The number of anilines is 2. The second kappa shape index (κ2) is 8.24. The monoisotopic (exact) mass is 395 g/mol. The Balaban J connectivity index is 1.57. The molecule has 2 N–H and O–H groups in total. The Morgan fingerprint density at radius 2 is 1.63 bits per heavy atom. The van der Waals surface area contributed by atoms with Crippen molar-refractivity contribution in [3.05, 3.63) is 84.7 Å². The second-order valence-corrected chi connectivity index (χ2v) is 7.33. The van der Waals surface area contributed by atoms with Gasteiger partial charge in [0.25, 0.3) is 0 Å². The topological polar surface area (TPSA) is 67.3 Å². The van der Waals surface area contributed by atoms with Crippen LogP contribution in [0.1, 0.15) is 19.4 Å². The van der Waals surface area contributed by atoms with Crippen molar-refractivity contribution in [2.24, 2.45) is 0 Å². The molecule has 0 atom stereocenters. The highest BCUT2D eigenvalue weighted by molar-refractivity contribution is 5.91. The Labute approximate surface area is 175 Å². The summed E-state index contributed by atoms with van der Waals surface area (Å²) in [5.74, 6) is 8.06. The van der Waals surface area contributed by atoms with Gasteiger partial charge in [-0.15, -0.1) is 0 Å². The number of ether oxygens (including phenoxy) is 1. The highest BCUT2D eigenvalue weighted by Crippen LogP contribution is 2.27. The van der Waals surface area contributed by atoms with Gasteiger partial charge in [-0.05, 0) is 68.4 Å². The molecule has 0 spiro atoms. The molecule has 1 aromatic heterocycles. The number of benzene rings is 3. The van der Waals surface area contributed by atoms with Crippen LogP contribution in [0.5, 0.6) is 11.5 Å². The molecule has 5 nitrogen and oxygen atoms in total. The predicted molar refractivity (Wildman–Crippen MR) is 119 cm³/mol. The quantitative estimate of drug-likeness (QED) is 0.460. The van der Waals surface area contributed by atoms with E-state index in [1.165, 1.54) is 6.33 Å². The molecule has 1 heterocycles. The predicted octanol–water partition coefficient (Wildman–Crippen LogP) is 5.29. The first-order chi connectivity index (χ1) is 14.5. The van der Waals surface area contributed by atoms with Gasteiger partial charge < -0.3 is 15.2 Å². The van der Waals surface area contributed by atoms with Gasteiger partial charge in [0.05, 0.1) is 5.52 Å². The van der Waals surface area contributed by atoms with Crippen molar-refractivity contribution in [2.75, 3.05) is 5.32 Å². The molecule has 3 aromatic carbocycles. The van der Waals surface area contributed by atoms with Crippen molar-refractivity contribution >= 4 is 22.4 Å². The lowest BCUT2D eigenvalue weighted by Gasteiger charge is -2.10. The maximum atomic E-state index is 9.84. The molecule has 148 valence electrons. The maximum Gasteiger partial charge on any atom is 0.141 e. The lowest BCUT2D eigenvalue weighted by Crippen LogP contribution is -2.14. The summed E-state index contributed by atoms with van der Waals surface area (Å²) in [4.78, 5) is 8.72. The summed E-state index contributed by atoms with van der Waals surface area (Å²) in [6.45, 7) is 3.31. The van der Waals surface area contributed by atoms with Crippen molar-refractivity contribution in [2.45, 2.75) is 19.4 Å². The van der Waals surface area contributed by atoms with Crippen molar-refractivity contribution in [3.63, 3.8) is 0 Å². The normalized spacial score (nSPS) is 10.9. The summed E-state index contributed by atoms with van der Waals surface area (Å²) in [7, 11) is 0. The standard InChI is InChI=1S/C25H21N3O2/c1-25(2,29)15-14-18-8-13-23-22(16-18)24(27-17-26-23)28-19-9-11-21(12-10-19)30-20-6-4-3-5-7-20/h3-13,16-17,29H,1-2H3,(H,26,27,28). The minimum Gasteiger partial charge on any atom is -0.457 e. The van der Waals surface area contributed by atoms with Crippen LogP contribution >= 0.6 is 0 Å². The molecular formula is C25H21N3O2. The summed E-state index contributed by atoms with van der Waals surface area (Å²) in [5, 5.41) is 14.0. The number of hydrogen-bond donors (Lipinski definition) is 2. The van der Waals surface area contributed by atoms with E-state index in [9.17, 15) is 5.11 Å². The van der Waals surface area contributed by atoms with Crippen molar-refractivity contribution < 1.29 is 9.84 Å². The Hall–Kier alpha value is -3.88. The zero-order valence-electron chi connectivity index (χ0n) is 16.8. The van der Waals surface area contributed by atoms with Crippen LogP contribution in [0.3, 0.4) is 0 Å². The molecule has 0 saturated heterocycles. The van der Waals surface area contributed by atoms with E-state index in [0.29, 0.717) is 5.82 Å². The third-order valence-electron chi connectivity index (χ3n) is 4.24. The second-order valence-electron chi connectivity index (χ2n) is 7.33. The fourth-order valence-electron chi connectivity index (χ4n) is 2.83. The molecule has 30 heavy (non-hydrogen) atoms. The minimum atomic E-state index is -1.05. The first kappa shape index (κ1) is 19.4. The van der Waals surface area contributed by atoms with Gasteiger partial charge in [0.15, 0.2) is 0 Å². The molecule has 0 amide bonds. The van der Waals surface area contributed by atoms with Crippen LogP contribution in [0.25, 0.3) is 10.9 Å². The van der Waals surface area contributed by atoms with Crippen molar-refractivity contribution in [3.8, 4) is 23.3 Å². The van der Waals surface area contributed by atoms with Crippen LogP contribution < -0.4 is 10.1 Å². The molecule has 0 radical (unpaired) electrons. The van der Waals surface area contributed by atoms with Gasteiger partial charge in [0.1, 0.15) is 29.2 Å².